The third-order valence-electron chi connectivity index (χ3n) is 2.64. The van der Waals surface area contributed by atoms with Gasteiger partial charge in [0.15, 0.2) is 0 Å². The summed E-state index contributed by atoms with van der Waals surface area (Å²) in [6, 6.07) is 3.57. The van der Waals surface area contributed by atoms with Gasteiger partial charge in [-0.25, -0.2) is 4.79 Å². The number of primary amides is 1. The van der Waals surface area contributed by atoms with Gasteiger partial charge in [0, 0.05) is 13.6 Å². The molecular weight excluding hydrogens is 204 g/mol. The highest BCUT2D eigenvalue weighted by Gasteiger charge is 2.09. The second kappa shape index (κ2) is 4.88. The lowest BCUT2D eigenvalue weighted by molar-refractivity contribution is 0.216. The number of methoxy groups -OCH3 is 1. The van der Waals surface area contributed by atoms with Crippen LogP contribution < -0.4 is 10.5 Å². The highest BCUT2D eigenvalue weighted by molar-refractivity contribution is 5.71. The molecule has 0 aliphatic carbocycles. The molecule has 88 valence electrons. The van der Waals surface area contributed by atoms with E-state index >= 15 is 0 Å². The number of carbonyl (C=O) groups excluding carboxylic acids is 1. The summed E-state index contributed by atoms with van der Waals surface area (Å²) in [6.45, 7) is 4.49. The zero-order chi connectivity index (χ0) is 12.3. The quantitative estimate of drug-likeness (QED) is 0.848. The van der Waals surface area contributed by atoms with Crippen LogP contribution in [0.4, 0.5) is 4.79 Å². The fourth-order valence-electron chi connectivity index (χ4n) is 1.57. The minimum atomic E-state index is -0.423. The molecule has 0 aliphatic rings. The lowest BCUT2D eigenvalue weighted by Crippen LogP contribution is -2.31. The highest BCUT2D eigenvalue weighted by atomic mass is 16.5. The van der Waals surface area contributed by atoms with Crippen molar-refractivity contribution in [3.05, 3.63) is 28.8 Å². The molecular formula is C12H18N2O2. The lowest BCUT2D eigenvalue weighted by atomic mass is 10.0. The second-order valence-corrected chi connectivity index (χ2v) is 3.94. The second-order valence-electron chi connectivity index (χ2n) is 3.94. The third-order valence-corrected chi connectivity index (χ3v) is 2.64. The maximum Gasteiger partial charge on any atom is 0.314 e. The molecule has 16 heavy (non-hydrogen) atoms. The molecule has 2 amide bonds. The van der Waals surface area contributed by atoms with Crippen molar-refractivity contribution in [3.8, 4) is 5.75 Å². The smallest absolute Gasteiger partial charge is 0.314 e. The van der Waals surface area contributed by atoms with Crippen LogP contribution in [0.15, 0.2) is 12.1 Å². The molecule has 1 rings (SSSR count). The van der Waals surface area contributed by atoms with Gasteiger partial charge in [-0.3, -0.25) is 0 Å². The van der Waals surface area contributed by atoms with E-state index in [1.54, 1.807) is 14.2 Å². The minimum absolute atomic E-state index is 0.423. The summed E-state index contributed by atoms with van der Waals surface area (Å²) in [7, 11) is 3.33. The molecule has 0 unspecified atom stereocenters. The van der Waals surface area contributed by atoms with Crippen molar-refractivity contribution >= 4 is 6.03 Å². The topological polar surface area (TPSA) is 55.6 Å². The summed E-state index contributed by atoms with van der Waals surface area (Å²) in [6.07, 6.45) is 0. The van der Waals surface area contributed by atoms with Gasteiger partial charge in [0.1, 0.15) is 5.75 Å². The molecule has 0 fully saturated rings. The minimum Gasteiger partial charge on any atom is -0.496 e. The number of rotatable bonds is 3. The van der Waals surface area contributed by atoms with E-state index in [1.807, 2.05) is 26.0 Å². The van der Waals surface area contributed by atoms with Crippen LogP contribution >= 0.6 is 0 Å². The number of hydrogen-bond donors (Lipinski definition) is 1. The van der Waals surface area contributed by atoms with E-state index < -0.39 is 6.03 Å². The SMILES string of the molecule is COc1cc(C)c(CN(C)C(N)=O)cc1C. The molecule has 0 radical (unpaired) electrons. The first kappa shape index (κ1) is 12.4. The molecule has 0 spiro atoms. The predicted octanol–water partition coefficient (Wildman–Crippen LogP) is 1.82. The van der Waals surface area contributed by atoms with E-state index in [4.69, 9.17) is 10.5 Å². The average Bonchev–Trinajstić information content (AvgIpc) is 2.22. The number of hydrogen-bond acceptors (Lipinski definition) is 2. The van der Waals surface area contributed by atoms with Crippen LogP contribution in [0.5, 0.6) is 5.75 Å². The Morgan fingerprint density at radius 3 is 2.50 bits per heavy atom. The maximum atomic E-state index is 10.9. The summed E-state index contributed by atoms with van der Waals surface area (Å²) >= 11 is 0. The van der Waals surface area contributed by atoms with Crippen LogP contribution in [0.2, 0.25) is 0 Å². The molecule has 0 heterocycles. The fraction of sp³-hybridized carbons (Fsp3) is 0.417. The molecule has 0 saturated carbocycles. The van der Waals surface area contributed by atoms with E-state index in [0.717, 1.165) is 22.4 Å². The van der Waals surface area contributed by atoms with Crippen molar-refractivity contribution in [1.29, 1.82) is 0 Å². The lowest BCUT2D eigenvalue weighted by Gasteiger charge is -2.17. The van der Waals surface area contributed by atoms with E-state index in [1.165, 1.54) is 4.90 Å². The number of aryl methyl sites for hydroxylation is 2. The van der Waals surface area contributed by atoms with E-state index in [0.29, 0.717) is 6.54 Å². The Morgan fingerprint density at radius 2 is 2.00 bits per heavy atom. The molecule has 0 atom stereocenters. The van der Waals surface area contributed by atoms with Crippen molar-refractivity contribution in [2.24, 2.45) is 5.73 Å². The first-order chi connectivity index (χ1) is 7.45. The Labute approximate surface area is 96.0 Å². The molecule has 0 saturated heterocycles. The van der Waals surface area contributed by atoms with E-state index in [-0.39, 0.29) is 0 Å². The largest absolute Gasteiger partial charge is 0.496 e. The van der Waals surface area contributed by atoms with Gasteiger partial charge in [-0.1, -0.05) is 6.07 Å². The van der Waals surface area contributed by atoms with Crippen LogP contribution in [0.25, 0.3) is 0 Å². The van der Waals surface area contributed by atoms with Gasteiger partial charge in [0.2, 0.25) is 0 Å². The number of ether oxygens (including phenoxy) is 1. The normalized spacial score (nSPS) is 10.0. The number of benzene rings is 1. The van der Waals surface area contributed by atoms with Crippen molar-refractivity contribution in [3.63, 3.8) is 0 Å². The Bertz CT molecular complexity index is 402. The van der Waals surface area contributed by atoms with E-state index in [2.05, 4.69) is 0 Å². The molecule has 4 heteroatoms. The third kappa shape index (κ3) is 2.66. The van der Waals surface area contributed by atoms with E-state index in [9.17, 15) is 4.79 Å². The standard InChI is InChI=1S/C12H18N2O2/c1-8-6-11(16-4)9(2)5-10(8)7-14(3)12(13)15/h5-6H,7H2,1-4H3,(H2,13,15). The monoisotopic (exact) mass is 222 g/mol. The maximum absolute atomic E-state index is 10.9. The van der Waals surface area contributed by atoms with Crippen molar-refractivity contribution in [2.45, 2.75) is 20.4 Å². The Balaban J connectivity index is 2.98. The number of carbonyl (C=O) groups is 1. The van der Waals surface area contributed by atoms with Crippen molar-refractivity contribution < 1.29 is 9.53 Å². The molecule has 0 aromatic heterocycles. The molecule has 0 bridgehead atoms. The number of nitrogens with zero attached hydrogens (tertiary/aromatic N) is 1. The predicted molar refractivity (Wildman–Crippen MR) is 63.5 cm³/mol. The van der Waals surface area contributed by atoms with Gasteiger partial charge in [0.05, 0.1) is 7.11 Å². The Hall–Kier alpha value is -1.71. The van der Waals surface area contributed by atoms with Crippen LogP contribution in [0.1, 0.15) is 16.7 Å². The van der Waals surface area contributed by atoms with Gasteiger partial charge in [-0.05, 0) is 36.6 Å². The number of urea groups is 1. The average molecular weight is 222 g/mol. The molecule has 1 aromatic carbocycles. The summed E-state index contributed by atoms with van der Waals surface area (Å²) in [4.78, 5) is 12.4. The number of amides is 2. The first-order valence-electron chi connectivity index (χ1n) is 5.10. The van der Waals surface area contributed by atoms with Gasteiger partial charge < -0.3 is 15.4 Å². The van der Waals surface area contributed by atoms with Crippen LogP contribution in [0, 0.1) is 13.8 Å². The van der Waals surface area contributed by atoms with Crippen LogP contribution in [-0.4, -0.2) is 25.1 Å². The highest BCUT2D eigenvalue weighted by Crippen LogP contribution is 2.23. The zero-order valence-electron chi connectivity index (χ0n) is 10.2. The van der Waals surface area contributed by atoms with Gasteiger partial charge in [-0.2, -0.15) is 0 Å². The summed E-state index contributed by atoms with van der Waals surface area (Å²) in [5, 5.41) is 0. The Morgan fingerprint density at radius 1 is 1.38 bits per heavy atom. The van der Waals surface area contributed by atoms with Crippen molar-refractivity contribution in [1.82, 2.24) is 4.90 Å². The summed E-state index contributed by atoms with van der Waals surface area (Å²) in [5.41, 5.74) is 8.42. The molecule has 0 aliphatic heterocycles. The fourth-order valence-corrected chi connectivity index (χ4v) is 1.57. The van der Waals surface area contributed by atoms with Gasteiger partial charge in [0.25, 0.3) is 0 Å². The van der Waals surface area contributed by atoms with Crippen LogP contribution in [-0.2, 0) is 6.54 Å². The van der Waals surface area contributed by atoms with Gasteiger partial charge >= 0.3 is 6.03 Å². The Kier molecular flexibility index (Phi) is 3.77. The van der Waals surface area contributed by atoms with Crippen molar-refractivity contribution in [2.75, 3.05) is 14.2 Å². The summed E-state index contributed by atoms with van der Waals surface area (Å²) in [5.74, 6) is 0.864. The van der Waals surface area contributed by atoms with Crippen LogP contribution in [0.3, 0.4) is 0 Å². The van der Waals surface area contributed by atoms with Gasteiger partial charge in [-0.15, -0.1) is 0 Å². The zero-order valence-corrected chi connectivity index (χ0v) is 10.2. The molecule has 1 aromatic rings. The molecule has 2 N–H and O–H groups in total. The summed E-state index contributed by atoms with van der Waals surface area (Å²) < 4.78 is 5.23. The first-order valence-corrected chi connectivity index (χ1v) is 5.10. The number of nitrogens with two attached hydrogens (primary N) is 1. The molecule has 4 nitrogen and oxygen atoms in total.